The van der Waals surface area contributed by atoms with Crippen molar-refractivity contribution in [3.05, 3.63) is 0 Å². The van der Waals surface area contributed by atoms with Gasteiger partial charge in [0.2, 0.25) is 0 Å². The van der Waals surface area contributed by atoms with Gasteiger partial charge in [-0.1, -0.05) is 27.2 Å². The molecule has 0 spiro atoms. The molecule has 0 rings (SSSR count). The molecule has 2 nitrogen and oxygen atoms in total. The van der Waals surface area contributed by atoms with E-state index in [-0.39, 0.29) is 11.5 Å². The summed E-state index contributed by atoms with van der Waals surface area (Å²) < 4.78 is 0. The van der Waals surface area contributed by atoms with E-state index in [0.717, 1.165) is 13.0 Å². The minimum Gasteiger partial charge on any atom is -0.393 e. The monoisotopic (exact) mass is 201 g/mol. The summed E-state index contributed by atoms with van der Waals surface area (Å²) in [6.07, 6.45) is 3.11. The van der Waals surface area contributed by atoms with Gasteiger partial charge in [0.1, 0.15) is 0 Å². The van der Waals surface area contributed by atoms with Gasteiger partial charge in [0, 0.05) is 12.6 Å². The molecule has 14 heavy (non-hydrogen) atoms. The van der Waals surface area contributed by atoms with Gasteiger partial charge in [-0.3, -0.25) is 0 Å². The van der Waals surface area contributed by atoms with Crippen LogP contribution in [-0.2, 0) is 0 Å². The number of aliphatic hydroxyl groups excluding tert-OH is 1. The highest BCUT2D eigenvalue weighted by molar-refractivity contribution is 4.75. The van der Waals surface area contributed by atoms with Crippen molar-refractivity contribution in [1.82, 2.24) is 5.32 Å². The second-order valence-electron chi connectivity index (χ2n) is 5.29. The Morgan fingerprint density at radius 2 is 1.86 bits per heavy atom. The van der Waals surface area contributed by atoms with Crippen LogP contribution in [0.4, 0.5) is 0 Å². The predicted octanol–water partition coefficient (Wildman–Crippen LogP) is 2.56. The van der Waals surface area contributed by atoms with Crippen molar-refractivity contribution in [2.24, 2.45) is 5.41 Å². The lowest BCUT2D eigenvalue weighted by Crippen LogP contribution is -2.36. The first-order chi connectivity index (χ1) is 6.37. The van der Waals surface area contributed by atoms with Gasteiger partial charge in [0.25, 0.3) is 0 Å². The topological polar surface area (TPSA) is 32.3 Å². The highest BCUT2D eigenvalue weighted by Gasteiger charge is 2.20. The molecule has 0 aromatic carbocycles. The lowest BCUT2D eigenvalue weighted by atomic mass is 9.86. The van der Waals surface area contributed by atoms with E-state index in [9.17, 15) is 5.11 Å². The fraction of sp³-hybridized carbons (Fsp3) is 1.00. The number of hydrogen-bond acceptors (Lipinski definition) is 2. The van der Waals surface area contributed by atoms with E-state index in [1.165, 1.54) is 12.8 Å². The minimum absolute atomic E-state index is 0.191. The van der Waals surface area contributed by atoms with Gasteiger partial charge in [-0.2, -0.15) is 0 Å². The molecule has 2 N–H and O–H groups in total. The van der Waals surface area contributed by atoms with Gasteiger partial charge in [-0.25, -0.2) is 0 Å². The number of nitrogens with one attached hydrogen (secondary N) is 1. The zero-order valence-electron chi connectivity index (χ0n) is 10.4. The van der Waals surface area contributed by atoms with E-state index in [0.29, 0.717) is 6.04 Å². The molecule has 0 aromatic heterocycles. The zero-order chi connectivity index (χ0) is 11.2. The zero-order valence-corrected chi connectivity index (χ0v) is 10.4. The van der Waals surface area contributed by atoms with E-state index in [1.54, 1.807) is 0 Å². The van der Waals surface area contributed by atoms with E-state index in [2.05, 4.69) is 33.0 Å². The van der Waals surface area contributed by atoms with Gasteiger partial charge in [-0.05, 0) is 32.1 Å². The third kappa shape index (κ3) is 7.34. The van der Waals surface area contributed by atoms with Crippen LogP contribution in [0, 0.1) is 5.41 Å². The summed E-state index contributed by atoms with van der Waals surface area (Å²) in [6, 6.07) is 0.591. The van der Waals surface area contributed by atoms with Crippen molar-refractivity contribution in [2.45, 2.75) is 66.0 Å². The normalized spacial score (nSPS) is 16.7. The molecule has 0 aromatic rings. The SMILES string of the molecule is CCCC(C)NCC(C)(C)CC(C)O. The third-order valence-corrected chi connectivity index (χ3v) is 2.50. The van der Waals surface area contributed by atoms with E-state index in [1.807, 2.05) is 6.92 Å². The Hall–Kier alpha value is -0.0800. The molecule has 86 valence electrons. The summed E-state index contributed by atoms with van der Waals surface area (Å²) >= 11 is 0. The molecular weight excluding hydrogens is 174 g/mol. The molecule has 0 heterocycles. The second-order valence-corrected chi connectivity index (χ2v) is 5.29. The van der Waals surface area contributed by atoms with Crippen molar-refractivity contribution in [2.75, 3.05) is 6.54 Å². The van der Waals surface area contributed by atoms with Crippen LogP contribution >= 0.6 is 0 Å². The molecule has 0 aliphatic heterocycles. The highest BCUT2D eigenvalue weighted by atomic mass is 16.3. The molecule has 0 aliphatic rings. The lowest BCUT2D eigenvalue weighted by Gasteiger charge is -2.28. The van der Waals surface area contributed by atoms with E-state index < -0.39 is 0 Å². The van der Waals surface area contributed by atoms with Crippen molar-refractivity contribution in [3.8, 4) is 0 Å². The van der Waals surface area contributed by atoms with Gasteiger partial charge in [0.15, 0.2) is 0 Å². The first-order valence-corrected chi connectivity index (χ1v) is 5.79. The second kappa shape index (κ2) is 6.41. The molecule has 2 heteroatoms. The maximum atomic E-state index is 9.33. The summed E-state index contributed by atoms with van der Waals surface area (Å²) in [4.78, 5) is 0. The smallest absolute Gasteiger partial charge is 0.0517 e. The van der Waals surface area contributed by atoms with Crippen LogP contribution in [0.3, 0.4) is 0 Å². The van der Waals surface area contributed by atoms with Crippen LogP contribution < -0.4 is 5.32 Å². The van der Waals surface area contributed by atoms with Crippen molar-refractivity contribution in [3.63, 3.8) is 0 Å². The Bertz CT molecular complexity index is 143. The Morgan fingerprint density at radius 3 is 2.29 bits per heavy atom. The van der Waals surface area contributed by atoms with Crippen molar-refractivity contribution < 1.29 is 5.11 Å². The number of aliphatic hydroxyl groups is 1. The third-order valence-electron chi connectivity index (χ3n) is 2.50. The molecule has 0 amide bonds. The van der Waals surface area contributed by atoms with Crippen LogP contribution in [0.5, 0.6) is 0 Å². The van der Waals surface area contributed by atoms with Crippen LogP contribution in [0.2, 0.25) is 0 Å². The average molecular weight is 201 g/mol. The molecule has 0 radical (unpaired) electrons. The molecule has 2 unspecified atom stereocenters. The van der Waals surface area contributed by atoms with Crippen molar-refractivity contribution >= 4 is 0 Å². The summed E-state index contributed by atoms with van der Waals surface area (Å²) in [6.45, 7) is 11.7. The van der Waals surface area contributed by atoms with E-state index in [4.69, 9.17) is 0 Å². The Kier molecular flexibility index (Phi) is 6.38. The average Bonchev–Trinajstić information content (AvgIpc) is 1.99. The first kappa shape index (κ1) is 13.9. The Balaban J connectivity index is 3.74. The van der Waals surface area contributed by atoms with Crippen LogP contribution in [0.1, 0.15) is 53.9 Å². The van der Waals surface area contributed by atoms with Gasteiger partial charge < -0.3 is 10.4 Å². The minimum atomic E-state index is -0.201. The van der Waals surface area contributed by atoms with Crippen LogP contribution in [0.25, 0.3) is 0 Å². The first-order valence-electron chi connectivity index (χ1n) is 5.79. The standard InChI is InChI=1S/C12H27NO/c1-6-7-10(2)13-9-12(4,5)8-11(3)14/h10-11,13-14H,6-9H2,1-5H3. The fourth-order valence-corrected chi connectivity index (χ4v) is 1.86. The summed E-state index contributed by atoms with van der Waals surface area (Å²) in [5.74, 6) is 0. The molecule has 0 saturated heterocycles. The van der Waals surface area contributed by atoms with Crippen LogP contribution in [0.15, 0.2) is 0 Å². The van der Waals surface area contributed by atoms with Gasteiger partial charge >= 0.3 is 0 Å². The Morgan fingerprint density at radius 1 is 1.29 bits per heavy atom. The summed E-state index contributed by atoms with van der Waals surface area (Å²) in [5, 5.41) is 12.8. The highest BCUT2D eigenvalue weighted by Crippen LogP contribution is 2.21. The van der Waals surface area contributed by atoms with Crippen molar-refractivity contribution in [1.29, 1.82) is 0 Å². The largest absolute Gasteiger partial charge is 0.393 e. The maximum Gasteiger partial charge on any atom is 0.0517 e. The number of hydrogen-bond donors (Lipinski definition) is 2. The number of rotatable bonds is 7. The van der Waals surface area contributed by atoms with Crippen LogP contribution in [-0.4, -0.2) is 23.8 Å². The van der Waals surface area contributed by atoms with Gasteiger partial charge in [0.05, 0.1) is 6.10 Å². The lowest BCUT2D eigenvalue weighted by molar-refractivity contribution is 0.126. The Labute approximate surface area is 89.1 Å². The molecule has 0 fully saturated rings. The maximum absolute atomic E-state index is 9.33. The predicted molar refractivity (Wildman–Crippen MR) is 62.5 cm³/mol. The molecular formula is C12H27NO. The van der Waals surface area contributed by atoms with E-state index >= 15 is 0 Å². The molecule has 2 atom stereocenters. The molecule has 0 aliphatic carbocycles. The van der Waals surface area contributed by atoms with Gasteiger partial charge in [-0.15, -0.1) is 0 Å². The molecule has 0 bridgehead atoms. The summed E-state index contributed by atoms with van der Waals surface area (Å²) in [7, 11) is 0. The molecule has 0 saturated carbocycles. The quantitative estimate of drug-likeness (QED) is 0.663. The fourth-order valence-electron chi connectivity index (χ4n) is 1.86. The summed E-state index contributed by atoms with van der Waals surface area (Å²) in [5.41, 5.74) is 0.191.